The van der Waals surface area contributed by atoms with E-state index in [0.29, 0.717) is 10.6 Å². The van der Waals surface area contributed by atoms with E-state index in [9.17, 15) is 4.79 Å². The second kappa shape index (κ2) is 5.78. The van der Waals surface area contributed by atoms with Crippen molar-refractivity contribution in [3.8, 4) is 0 Å². The zero-order valence-electron chi connectivity index (χ0n) is 11.8. The summed E-state index contributed by atoms with van der Waals surface area (Å²) in [6, 6.07) is 15.3. The molecule has 0 fully saturated rings. The molecular weight excluding hydrogens is 284 g/mol. The molecule has 21 heavy (non-hydrogen) atoms. The van der Waals surface area contributed by atoms with Gasteiger partial charge < -0.3 is 10.2 Å². The Kier molecular flexibility index (Phi) is 3.84. The van der Waals surface area contributed by atoms with E-state index in [1.807, 2.05) is 24.3 Å². The van der Waals surface area contributed by atoms with Gasteiger partial charge in [-0.05, 0) is 30.2 Å². The summed E-state index contributed by atoms with van der Waals surface area (Å²) in [5.74, 6) is -0.120. The average Bonchev–Trinajstić information content (AvgIpc) is 2.51. The summed E-state index contributed by atoms with van der Waals surface area (Å²) < 4.78 is 0. The van der Waals surface area contributed by atoms with Crippen LogP contribution in [-0.4, -0.2) is 19.5 Å². The lowest BCUT2D eigenvalue weighted by molar-refractivity contribution is 0.0934. The van der Waals surface area contributed by atoms with Crippen molar-refractivity contribution in [3.63, 3.8) is 0 Å². The van der Waals surface area contributed by atoms with Gasteiger partial charge in [0.1, 0.15) is 0 Å². The number of amides is 1. The van der Waals surface area contributed by atoms with Crippen molar-refractivity contribution in [2.45, 2.75) is 12.5 Å². The van der Waals surface area contributed by atoms with Crippen molar-refractivity contribution in [1.82, 2.24) is 5.32 Å². The third-order valence-corrected chi connectivity index (χ3v) is 4.23. The van der Waals surface area contributed by atoms with Gasteiger partial charge in [0.05, 0.1) is 16.6 Å². The van der Waals surface area contributed by atoms with Crippen LogP contribution < -0.4 is 10.2 Å². The number of benzene rings is 2. The van der Waals surface area contributed by atoms with Crippen molar-refractivity contribution in [1.29, 1.82) is 0 Å². The van der Waals surface area contributed by atoms with E-state index < -0.39 is 0 Å². The molecule has 4 heteroatoms. The maximum Gasteiger partial charge on any atom is 0.253 e. The topological polar surface area (TPSA) is 32.3 Å². The second-order valence-corrected chi connectivity index (χ2v) is 5.68. The third kappa shape index (κ3) is 2.74. The number of carbonyl (C=O) groups excluding carboxylic acids is 1. The Bertz CT molecular complexity index is 671. The number of hydrogen-bond acceptors (Lipinski definition) is 2. The first-order valence-electron chi connectivity index (χ1n) is 7.02. The number of nitrogens with one attached hydrogen (secondary N) is 1. The molecule has 2 aromatic rings. The molecule has 0 saturated carbocycles. The van der Waals surface area contributed by atoms with E-state index in [1.165, 1.54) is 5.69 Å². The highest BCUT2D eigenvalue weighted by Crippen LogP contribution is 2.32. The standard InChI is InChI=1S/C17H17ClN2O/c1-20-11-10-15(13-7-3-5-9-16(13)20)19-17(21)12-6-2-4-8-14(12)18/h2-9,15H,10-11H2,1H3,(H,19,21). The smallest absolute Gasteiger partial charge is 0.253 e. The van der Waals surface area contributed by atoms with Crippen molar-refractivity contribution >= 4 is 23.2 Å². The van der Waals surface area contributed by atoms with E-state index >= 15 is 0 Å². The molecule has 1 amide bonds. The molecule has 0 bridgehead atoms. The van der Waals surface area contributed by atoms with Crippen LogP contribution in [0.5, 0.6) is 0 Å². The van der Waals surface area contributed by atoms with Gasteiger partial charge in [-0.2, -0.15) is 0 Å². The number of nitrogens with zero attached hydrogens (tertiary/aromatic N) is 1. The maximum absolute atomic E-state index is 12.4. The summed E-state index contributed by atoms with van der Waals surface area (Å²) >= 11 is 6.09. The number of halogens is 1. The Balaban J connectivity index is 1.85. The first-order valence-corrected chi connectivity index (χ1v) is 7.40. The Hall–Kier alpha value is -2.00. The maximum atomic E-state index is 12.4. The fourth-order valence-corrected chi connectivity index (χ4v) is 2.98. The zero-order chi connectivity index (χ0) is 14.8. The summed E-state index contributed by atoms with van der Waals surface area (Å²) in [6.45, 7) is 0.921. The van der Waals surface area contributed by atoms with Crippen LogP contribution >= 0.6 is 11.6 Å². The molecule has 0 radical (unpaired) electrons. The molecule has 3 nitrogen and oxygen atoms in total. The fraction of sp³-hybridized carbons (Fsp3) is 0.235. The van der Waals surface area contributed by atoms with Gasteiger partial charge in [-0.15, -0.1) is 0 Å². The minimum Gasteiger partial charge on any atom is -0.374 e. The summed E-state index contributed by atoms with van der Waals surface area (Å²) in [5, 5.41) is 3.59. The molecule has 1 unspecified atom stereocenters. The predicted molar refractivity (Wildman–Crippen MR) is 86.0 cm³/mol. The van der Waals surface area contributed by atoms with Crippen LogP contribution in [0, 0.1) is 0 Å². The normalized spacial score (nSPS) is 17.2. The SMILES string of the molecule is CN1CCC(NC(=O)c2ccccc2Cl)c2ccccc21. The van der Waals surface area contributed by atoms with Crippen molar-refractivity contribution in [2.75, 3.05) is 18.5 Å². The van der Waals surface area contributed by atoms with Crippen LogP contribution in [0.4, 0.5) is 5.69 Å². The summed E-state index contributed by atoms with van der Waals surface area (Å²) in [7, 11) is 2.07. The van der Waals surface area contributed by atoms with Gasteiger partial charge in [0.2, 0.25) is 0 Å². The van der Waals surface area contributed by atoms with Crippen LogP contribution in [0.25, 0.3) is 0 Å². The average molecular weight is 301 g/mol. The van der Waals surface area contributed by atoms with E-state index in [0.717, 1.165) is 18.5 Å². The monoisotopic (exact) mass is 300 g/mol. The molecule has 2 aromatic carbocycles. The van der Waals surface area contributed by atoms with Gasteiger partial charge >= 0.3 is 0 Å². The van der Waals surface area contributed by atoms with E-state index in [-0.39, 0.29) is 11.9 Å². The van der Waals surface area contributed by atoms with E-state index in [2.05, 4.69) is 29.4 Å². The molecular formula is C17H17ClN2O. The molecule has 0 aromatic heterocycles. The van der Waals surface area contributed by atoms with Crippen molar-refractivity contribution in [2.24, 2.45) is 0 Å². The second-order valence-electron chi connectivity index (χ2n) is 5.27. The van der Waals surface area contributed by atoms with E-state index in [4.69, 9.17) is 11.6 Å². The molecule has 0 spiro atoms. The van der Waals surface area contributed by atoms with Gasteiger partial charge in [-0.3, -0.25) is 4.79 Å². The number of hydrogen-bond donors (Lipinski definition) is 1. The van der Waals surface area contributed by atoms with E-state index in [1.54, 1.807) is 12.1 Å². The molecule has 1 heterocycles. The third-order valence-electron chi connectivity index (χ3n) is 3.90. The number of carbonyl (C=O) groups is 1. The molecule has 1 atom stereocenters. The summed E-state index contributed by atoms with van der Waals surface area (Å²) in [4.78, 5) is 14.6. The van der Waals surface area contributed by atoms with Crippen molar-refractivity contribution in [3.05, 3.63) is 64.7 Å². The largest absolute Gasteiger partial charge is 0.374 e. The molecule has 3 rings (SSSR count). The Labute approximate surface area is 129 Å². The quantitative estimate of drug-likeness (QED) is 0.918. The van der Waals surface area contributed by atoms with Gasteiger partial charge in [-0.1, -0.05) is 41.9 Å². The predicted octanol–water partition coefficient (Wildman–Crippen LogP) is 3.65. The van der Waals surface area contributed by atoms with Crippen LogP contribution in [0.15, 0.2) is 48.5 Å². The Morgan fingerprint density at radius 1 is 1.19 bits per heavy atom. The lowest BCUT2D eigenvalue weighted by Gasteiger charge is -2.33. The number of para-hydroxylation sites is 1. The Morgan fingerprint density at radius 3 is 2.71 bits per heavy atom. The molecule has 1 aliphatic heterocycles. The highest BCUT2D eigenvalue weighted by molar-refractivity contribution is 6.33. The first kappa shape index (κ1) is 14.0. The lowest BCUT2D eigenvalue weighted by atomic mass is 9.96. The van der Waals surface area contributed by atoms with Gasteiger partial charge in [0.15, 0.2) is 0 Å². The minimum atomic E-state index is -0.120. The van der Waals surface area contributed by atoms with Gasteiger partial charge in [-0.25, -0.2) is 0 Å². The van der Waals surface area contributed by atoms with Crippen LogP contribution in [0.1, 0.15) is 28.4 Å². The van der Waals surface area contributed by atoms with Gasteiger partial charge in [0, 0.05) is 19.3 Å². The summed E-state index contributed by atoms with van der Waals surface area (Å²) in [5.41, 5.74) is 2.86. The van der Waals surface area contributed by atoms with Crippen LogP contribution in [-0.2, 0) is 0 Å². The molecule has 1 N–H and O–H groups in total. The number of anilines is 1. The van der Waals surface area contributed by atoms with Crippen LogP contribution in [0.2, 0.25) is 5.02 Å². The zero-order valence-corrected chi connectivity index (χ0v) is 12.6. The summed E-state index contributed by atoms with van der Waals surface area (Å²) in [6.07, 6.45) is 0.893. The van der Waals surface area contributed by atoms with Crippen molar-refractivity contribution < 1.29 is 4.79 Å². The molecule has 1 aliphatic rings. The lowest BCUT2D eigenvalue weighted by Crippen LogP contribution is -2.36. The fourth-order valence-electron chi connectivity index (χ4n) is 2.76. The molecule has 108 valence electrons. The number of rotatable bonds is 2. The minimum absolute atomic E-state index is 0.0289. The molecule has 0 saturated heterocycles. The van der Waals surface area contributed by atoms with Gasteiger partial charge in [0.25, 0.3) is 5.91 Å². The van der Waals surface area contributed by atoms with Crippen LogP contribution in [0.3, 0.4) is 0 Å². The number of fused-ring (bicyclic) bond motifs is 1. The first-order chi connectivity index (χ1) is 10.2. The molecule has 0 aliphatic carbocycles. The highest BCUT2D eigenvalue weighted by Gasteiger charge is 2.24. The highest BCUT2D eigenvalue weighted by atomic mass is 35.5. The Morgan fingerprint density at radius 2 is 1.90 bits per heavy atom.